The van der Waals surface area contributed by atoms with Crippen LogP contribution in [0.5, 0.6) is 5.75 Å². The zero-order valence-corrected chi connectivity index (χ0v) is 16.3. The molecule has 3 heteroatoms. The molecule has 0 aliphatic heterocycles. The van der Waals surface area contributed by atoms with Crippen molar-refractivity contribution >= 4 is 0 Å². The van der Waals surface area contributed by atoms with Crippen LogP contribution in [0.1, 0.15) is 49.8 Å². The quantitative estimate of drug-likeness (QED) is 0.531. The summed E-state index contributed by atoms with van der Waals surface area (Å²) in [6.45, 7) is 4.80. The van der Waals surface area contributed by atoms with Gasteiger partial charge in [-0.2, -0.15) is 8.78 Å². The first-order valence-corrected chi connectivity index (χ1v) is 9.53. The lowest BCUT2D eigenvalue weighted by molar-refractivity contribution is 0.317. The Bertz CT molecular complexity index is 824. The second-order valence-corrected chi connectivity index (χ2v) is 6.30. The van der Waals surface area contributed by atoms with Gasteiger partial charge in [0.1, 0.15) is 5.75 Å². The summed E-state index contributed by atoms with van der Waals surface area (Å²) in [5.41, 5.74) is 2.42. The molecular formula is C25H24F2O. The van der Waals surface area contributed by atoms with Crippen LogP contribution >= 0.6 is 0 Å². The van der Waals surface area contributed by atoms with E-state index in [1.165, 1.54) is 5.56 Å². The van der Waals surface area contributed by atoms with Crippen molar-refractivity contribution in [2.24, 2.45) is 0 Å². The van der Waals surface area contributed by atoms with Crippen molar-refractivity contribution in [3.05, 3.63) is 76.9 Å². The maximum Gasteiger partial charge on any atom is 0.217 e. The van der Waals surface area contributed by atoms with Gasteiger partial charge in [-0.15, -0.1) is 0 Å². The minimum Gasteiger partial charge on any atom is -0.494 e. The fraction of sp³-hybridized carbons (Fsp3) is 0.280. The van der Waals surface area contributed by atoms with Gasteiger partial charge in [-0.1, -0.05) is 44.2 Å². The van der Waals surface area contributed by atoms with Crippen LogP contribution in [-0.2, 0) is 6.42 Å². The number of rotatable bonds is 6. The Morgan fingerprint density at radius 3 is 1.82 bits per heavy atom. The van der Waals surface area contributed by atoms with E-state index >= 15 is 0 Å². The van der Waals surface area contributed by atoms with E-state index in [0.29, 0.717) is 17.7 Å². The fourth-order valence-electron chi connectivity index (χ4n) is 2.35. The lowest BCUT2D eigenvalue weighted by atomic mass is 10.1. The maximum atomic E-state index is 13.8. The van der Waals surface area contributed by atoms with E-state index < -0.39 is 11.7 Å². The van der Waals surface area contributed by atoms with E-state index in [1.807, 2.05) is 31.2 Å². The number of allylic oxidation sites excluding steroid dienone is 2. The summed E-state index contributed by atoms with van der Waals surface area (Å²) < 4.78 is 33.1. The third-order valence-corrected chi connectivity index (χ3v) is 3.93. The average molecular weight is 378 g/mol. The van der Waals surface area contributed by atoms with Gasteiger partial charge in [0.05, 0.1) is 6.61 Å². The first kappa shape index (κ1) is 21.3. The highest BCUT2D eigenvalue weighted by Crippen LogP contribution is 2.13. The molecular weight excluding hydrogens is 354 g/mol. The van der Waals surface area contributed by atoms with Crippen molar-refractivity contribution in [2.45, 2.75) is 39.5 Å². The third kappa shape index (κ3) is 7.29. The fourth-order valence-corrected chi connectivity index (χ4v) is 2.35. The smallest absolute Gasteiger partial charge is 0.217 e. The Morgan fingerprint density at radius 2 is 1.32 bits per heavy atom. The van der Waals surface area contributed by atoms with Gasteiger partial charge in [0.25, 0.3) is 0 Å². The van der Waals surface area contributed by atoms with Gasteiger partial charge in [-0.25, -0.2) is 0 Å². The molecule has 0 unspecified atom stereocenters. The molecule has 0 saturated carbocycles. The van der Waals surface area contributed by atoms with Crippen LogP contribution < -0.4 is 4.74 Å². The minimum atomic E-state index is -1.17. The van der Waals surface area contributed by atoms with Crippen molar-refractivity contribution in [2.75, 3.05) is 6.61 Å². The summed E-state index contributed by atoms with van der Waals surface area (Å²) in [6.07, 6.45) is 4.19. The molecule has 0 aliphatic rings. The van der Waals surface area contributed by atoms with Crippen molar-refractivity contribution in [1.29, 1.82) is 0 Å². The van der Waals surface area contributed by atoms with Gasteiger partial charge in [0.2, 0.25) is 11.7 Å². The van der Waals surface area contributed by atoms with Crippen LogP contribution in [0, 0.1) is 23.7 Å². The van der Waals surface area contributed by atoms with E-state index in [9.17, 15) is 8.78 Å². The molecule has 0 amide bonds. The number of aryl methyl sites for hydroxylation is 1. The molecule has 0 bridgehead atoms. The molecule has 0 atom stereocenters. The number of hydrogen-bond donors (Lipinski definition) is 0. The predicted molar refractivity (Wildman–Crippen MR) is 110 cm³/mol. The van der Waals surface area contributed by atoms with Crippen molar-refractivity contribution in [1.82, 2.24) is 0 Å². The zero-order valence-electron chi connectivity index (χ0n) is 16.3. The molecule has 28 heavy (non-hydrogen) atoms. The number of unbranched alkanes of at least 4 members (excludes halogenated alkanes) is 1. The molecule has 2 aromatic rings. The van der Waals surface area contributed by atoms with E-state index in [-0.39, 0.29) is 0 Å². The molecule has 0 N–H and O–H groups in total. The second-order valence-electron chi connectivity index (χ2n) is 6.30. The number of halogens is 2. The first-order valence-electron chi connectivity index (χ1n) is 9.53. The number of hydrogen-bond acceptors (Lipinski definition) is 1. The number of benzene rings is 2. The van der Waals surface area contributed by atoms with Crippen LogP contribution in [-0.4, -0.2) is 6.61 Å². The van der Waals surface area contributed by atoms with E-state index in [2.05, 4.69) is 30.6 Å². The molecule has 0 aromatic heterocycles. The summed E-state index contributed by atoms with van der Waals surface area (Å²) in [5, 5.41) is 0. The second kappa shape index (κ2) is 11.6. The standard InChI is InChI=1S/C25H24F2O/c1-3-5-6-20-7-9-21(10-8-20)13-17-24(26)25(27)18-14-22-11-15-23(16-12-22)28-19-4-2/h7-12,15-16H,3-6,19H2,1-2H3. The summed E-state index contributed by atoms with van der Waals surface area (Å²) in [4.78, 5) is 0. The Kier molecular flexibility index (Phi) is 8.83. The third-order valence-electron chi connectivity index (χ3n) is 3.93. The lowest BCUT2D eigenvalue weighted by Crippen LogP contribution is -1.94. The van der Waals surface area contributed by atoms with E-state index in [1.54, 1.807) is 24.3 Å². The van der Waals surface area contributed by atoms with Gasteiger partial charge in [-0.3, -0.25) is 0 Å². The van der Waals surface area contributed by atoms with Gasteiger partial charge in [0.15, 0.2) is 0 Å². The molecule has 2 aromatic carbocycles. The minimum absolute atomic E-state index is 0.572. The normalized spacial score (nSPS) is 10.9. The Balaban J connectivity index is 2.02. The first-order chi connectivity index (χ1) is 13.6. The largest absolute Gasteiger partial charge is 0.494 e. The average Bonchev–Trinajstić information content (AvgIpc) is 2.74. The van der Waals surface area contributed by atoms with Crippen molar-refractivity contribution < 1.29 is 13.5 Å². The van der Waals surface area contributed by atoms with Crippen LogP contribution in [0.3, 0.4) is 0 Å². The molecule has 2 rings (SSSR count). The topological polar surface area (TPSA) is 9.23 Å². The van der Waals surface area contributed by atoms with Crippen LogP contribution in [0.4, 0.5) is 8.78 Å². The molecule has 0 heterocycles. The van der Waals surface area contributed by atoms with E-state index in [4.69, 9.17) is 4.74 Å². The van der Waals surface area contributed by atoms with Gasteiger partial charge >= 0.3 is 0 Å². The highest BCUT2D eigenvalue weighted by Gasteiger charge is 2.00. The molecule has 144 valence electrons. The molecule has 0 saturated heterocycles. The predicted octanol–water partition coefficient (Wildman–Crippen LogP) is 6.37. The Labute approximate surface area is 166 Å². The maximum absolute atomic E-state index is 13.8. The summed E-state index contributed by atoms with van der Waals surface area (Å²) in [6, 6.07) is 14.5. The summed E-state index contributed by atoms with van der Waals surface area (Å²) >= 11 is 0. The van der Waals surface area contributed by atoms with Crippen LogP contribution in [0.15, 0.2) is 60.2 Å². The summed E-state index contributed by atoms with van der Waals surface area (Å²) in [7, 11) is 0. The van der Waals surface area contributed by atoms with Gasteiger partial charge in [-0.05, 0) is 73.1 Å². The Morgan fingerprint density at radius 1 is 0.786 bits per heavy atom. The highest BCUT2D eigenvalue weighted by molar-refractivity contribution is 5.46. The van der Waals surface area contributed by atoms with Gasteiger partial charge < -0.3 is 4.74 Å². The van der Waals surface area contributed by atoms with Crippen LogP contribution in [0.2, 0.25) is 0 Å². The molecule has 0 fully saturated rings. The zero-order chi connectivity index (χ0) is 20.2. The molecule has 0 radical (unpaired) electrons. The molecule has 0 aliphatic carbocycles. The van der Waals surface area contributed by atoms with E-state index in [0.717, 1.165) is 31.4 Å². The monoisotopic (exact) mass is 378 g/mol. The highest BCUT2D eigenvalue weighted by atomic mass is 19.2. The lowest BCUT2D eigenvalue weighted by Gasteiger charge is -2.03. The molecule has 0 spiro atoms. The Hall–Kier alpha value is -3.04. The SMILES string of the molecule is CCCCc1ccc(C#CC(F)=C(F)C#Cc2ccc(OCCC)cc2)cc1. The van der Waals surface area contributed by atoms with Crippen molar-refractivity contribution in [3.63, 3.8) is 0 Å². The van der Waals surface area contributed by atoms with Gasteiger partial charge in [0, 0.05) is 11.1 Å². The number of ether oxygens (including phenoxy) is 1. The van der Waals surface area contributed by atoms with Crippen molar-refractivity contribution in [3.8, 4) is 29.4 Å². The molecule has 1 nitrogen and oxygen atoms in total. The summed E-state index contributed by atoms with van der Waals surface area (Å²) in [5.74, 6) is 7.98. The van der Waals surface area contributed by atoms with Crippen LogP contribution in [0.25, 0.3) is 0 Å².